The van der Waals surface area contributed by atoms with Gasteiger partial charge in [-0.05, 0) is 13.8 Å². The van der Waals surface area contributed by atoms with E-state index in [9.17, 15) is 4.79 Å². The Morgan fingerprint density at radius 2 is 1.95 bits per heavy atom. The number of rotatable bonds is 7. The fourth-order valence-electron chi connectivity index (χ4n) is 1.78. The van der Waals surface area contributed by atoms with Crippen LogP contribution < -0.4 is 20.4 Å². The maximum Gasteiger partial charge on any atom is 0.304 e. The Morgan fingerprint density at radius 3 is 2.52 bits per heavy atom. The van der Waals surface area contributed by atoms with Crippen LogP contribution in [-0.2, 0) is 6.54 Å². The second kappa shape index (κ2) is 7.02. The van der Waals surface area contributed by atoms with E-state index in [1.807, 2.05) is 4.90 Å². The van der Waals surface area contributed by atoms with Gasteiger partial charge in [0.1, 0.15) is 0 Å². The van der Waals surface area contributed by atoms with Crippen LogP contribution in [0.1, 0.15) is 19.5 Å². The molecule has 0 saturated heterocycles. The highest BCUT2D eigenvalue weighted by Gasteiger charge is 2.10. The van der Waals surface area contributed by atoms with Crippen LogP contribution in [0.15, 0.2) is 10.2 Å². The molecule has 3 N–H and O–H groups in total. The minimum Gasteiger partial charge on any atom is -0.357 e. The molecule has 2 heterocycles. The Morgan fingerprint density at radius 1 is 1.24 bits per heavy atom. The maximum atomic E-state index is 11.1. The summed E-state index contributed by atoms with van der Waals surface area (Å²) in [6.07, 6.45) is 0. The maximum absolute atomic E-state index is 11.1. The van der Waals surface area contributed by atoms with Crippen molar-refractivity contribution >= 4 is 29.2 Å². The van der Waals surface area contributed by atoms with Crippen LogP contribution in [0, 0.1) is 0 Å². The molecule has 9 heteroatoms. The molecule has 0 aromatic carbocycles. The monoisotopic (exact) mass is 309 g/mol. The first-order valence-electron chi connectivity index (χ1n) is 6.75. The van der Waals surface area contributed by atoms with Gasteiger partial charge in [0.15, 0.2) is 0 Å². The van der Waals surface area contributed by atoms with E-state index in [1.165, 1.54) is 0 Å². The number of H-pyrrole nitrogens is 1. The summed E-state index contributed by atoms with van der Waals surface area (Å²) in [4.78, 5) is 28.8. The lowest BCUT2D eigenvalue weighted by molar-refractivity contribution is 0.812. The van der Waals surface area contributed by atoms with E-state index in [0.29, 0.717) is 24.4 Å². The van der Waals surface area contributed by atoms with E-state index in [-0.39, 0.29) is 4.87 Å². The minimum absolute atomic E-state index is 0.0674. The molecule has 0 radical (unpaired) electrons. The van der Waals surface area contributed by atoms with Gasteiger partial charge in [0.05, 0.1) is 6.54 Å². The number of hydrogen-bond donors (Lipinski definition) is 3. The Bertz CT molecular complexity index is 635. The molecule has 0 aliphatic carbocycles. The zero-order valence-corrected chi connectivity index (χ0v) is 13.1. The van der Waals surface area contributed by atoms with Gasteiger partial charge >= 0.3 is 4.87 Å². The van der Waals surface area contributed by atoms with E-state index in [4.69, 9.17) is 0 Å². The highest BCUT2D eigenvalue weighted by Crippen LogP contribution is 2.13. The van der Waals surface area contributed by atoms with Crippen molar-refractivity contribution in [2.75, 3.05) is 35.7 Å². The lowest BCUT2D eigenvalue weighted by Gasteiger charge is -2.19. The number of nitrogens with one attached hydrogen (secondary N) is 3. The number of aromatic amines is 1. The summed E-state index contributed by atoms with van der Waals surface area (Å²) in [7, 11) is 1.77. The normalized spacial score (nSPS) is 10.4. The predicted molar refractivity (Wildman–Crippen MR) is 85.2 cm³/mol. The zero-order chi connectivity index (χ0) is 15.2. The average molecular weight is 309 g/mol. The SMILES string of the molecule is CCN(CC)c1nc(NC)nc(NCc2csc(=O)[nH]2)n1. The molecule has 0 atom stereocenters. The smallest absolute Gasteiger partial charge is 0.304 e. The third kappa shape index (κ3) is 3.91. The molecule has 8 nitrogen and oxygen atoms in total. The zero-order valence-electron chi connectivity index (χ0n) is 12.3. The van der Waals surface area contributed by atoms with Crippen LogP contribution in [0.3, 0.4) is 0 Å². The third-order valence-electron chi connectivity index (χ3n) is 2.90. The molecule has 0 bridgehead atoms. The van der Waals surface area contributed by atoms with Gasteiger partial charge in [-0.25, -0.2) is 0 Å². The Labute approximate surface area is 126 Å². The first kappa shape index (κ1) is 15.2. The first-order chi connectivity index (χ1) is 10.2. The fraction of sp³-hybridized carbons (Fsp3) is 0.500. The van der Waals surface area contributed by atoms with Crippen molar-refractivity contribution in [1.29, 1.82) is 0 Å². The van der Waals surface area contributed by atoms with Crippen molar-refractivity contribution in [3.05, 3.63) is 20.7 Å². The summed E-state index contributed by atoms with van der Waals surface area (Å²) in [6.45, 7) is 6.20. The summed E-state index contributed by atoms with van der Waals surface area (Å²) in [5.74, 6) is 1.61. The number of hydrogen-bond acceptors (Lipinski definition) is 8. The molecular weight excluding hydrogens is 290 g/mol. The molecule has 0 aliphatic rings. The quantitative estimate of drug-likeness (QED) is 0.705. The first-order valence-corrected chi connectivity index (χ1v) is 7.63. The van der Waals surface area contributed by atoms with Crippen LogP contribution in [-0.4, -0.2) is 40.1 Å². The highest BCUT2D eigenvalue weighted by molar-refractivity contribution is 7.07. The summed E-state index contributed by atoms with van der Waals surface area (Å²) >= 11 is 1.14. The van der Waals surface area contributed by atoms with Crippen LogP contribution in [0.2, 0.25) is 0 Å². The lowest BCUT2D eigenvalue weighted by atomic mass is 10.5. The van der Waals surface area contributed by atoms with Crippen LogP contribution in [0.25, 0.3) is 0 Å². The lowest BCUT2D eigenvalue weighted by Crippen LogP contribution is -2.25. The Kier molecular flexibility index (Phi) is 5.09. The van der Waals surface area contributed by atoms with Crippen molar-refractivity contribution < 1.29 is 0 Å². The molecular formula is C12H19N7OS. The summed E-state index contributed by atoms with van der Waals surface area (Å²) < 4.78 is 0. The van der Waals surface area contributed by atoms with Gasteiger partial charge < -0.3 is 20.5 Å². The standard InChI is InChI=1S/C12H19N7OS/c1-4-19(5-2)11-17-9(13-3)16-10(18-11)14-6-8-7-21-12(20)15-8/h7H,4-6H2,1-3H3,(H,15,20)(H2,13,14,16,17,18). The van der Waals surface area contributed by atoms with E-state index < -0.39 is 0 Å². The molecule has 0 amide bonds. The molecule has 0 fully saturated rings. The highest BCUT2D eigenvalue weighted by atomic mass is 32.1. The number of anilines is 3. The second-order valence-electron chi connectivity index (χ2n) is 4.23. The van der Waals surface area contributed by atoms with Crippen molar-refractivity contribution in [2.24, 2.45) is 0 Å². The Balaban J connectivity index is 2.17. The van der Waals surface area contributed by atoms with E-state index in [1.54, 1.807) is 12.4 Å². The fourth-order valence-corrected chi connectivity index (χ4v) is 2.36. The number of thiazole rings is 1. The summed E-state index contributed by atoms with van der Waals surface area (Å²) in [5, 5.41) is 7.81. The second-order valence-corrected chi connectivity index (χ2v) is 5.07. The Hall–Kier alpha value is -2.16. The molecule has 0 unspecified atom stereocenters. The molecule has 0 spiro atoms. The molecule has 114 valence electrons. The largest absolute Gasteiger partial charge is 0.357 e. The molecule has 2 aromatic rings. The van der Waals surface area contributed by atoms with E-state index in [0.717, 1.165) is 30.1 Å². The van der Waals surface area contributed by atoms with Gasteiger partial charge in [-0.15, -0.1) is 0 Å². The van der Waals surface area contributed by atoms with E-state index >= 15 is 0 Å². The van der Waals surface area contributed by atoms with Gasteiger partial charge in [0.2, 0.25) is 17.8 Å². The van der Waals surface area contributed by atoms with Crippen molar-refractivity contribution in [3.8, 4) is 0 Å². The van der Waals surface area contributed by atoms with Gasteiger partial charge in [-0.2, -0.15) is 15.0 Å². The van der Waals surface area contributed by atoms with Crippen molar-refractivity contribution in [1.82, 2.24) is 19.9 Å². The van der Waals surface area contributed by atoms with Gasteiger partial charge in [-0.1, -0.05) is 11.3 Å². The van der Waals surface area contributed by atoms with Crippen molar-refractivity contribution in [2.45, 2.75) is 20.4 Å². The topological polar surface area (TPSA) is 98.8 Å². The molecule has 21 heavy (non-hydrogen) atoms. The van der Waals surface area contributed by atoms with Crippen molar-refractivity contribution in [3.63, 3.8) is 0 Å². The summed E-state index contributed by atoms with van der Waals surface area (Å²) in [6, 6.07) is 0. The molecule has 2 aromatic heterocycles. The van der Waals surface area contributed by atoms with Crippen LogP contribution in [0.4, 0.5) is 17.8 Å². The molecule has 0 aliphatic heterocycles. The predicted octanol–water partition coefficient (Wildman–Crippen LogP) is 1.12. The third-order valence-corrected chi connectivity index (χ3v) is 3.62. The molecule has 2 rings (SSSR count). The minimum atomic E-state index is -0.0674. The number of nitrogens with zero attached hydrogens (tertiary/aromatic N) is 4. The van der Waals surface area contributed by atoms with Crippen LogP contribution >= 0.6 is 11.3 Å². The summed E-state index contributed by atoms with van der Waals surface area (Å²) in [5.41, 5.74) is 0.806. The van der Waals surface area contributed by atoms with Crippen LogP contribution in [0.5, 0.6) is 0 Å². The van der Waals surface area contributed by atoms with Gasteiger partial charge in [0, 0.05) is 31.2 Å². The number of aromatic nitrogens is 4. The van der Waals surface area contributed by atoms with Gasteiger partial charge in [0.25, 0.3) is 0 Å². The average Bonchev–Trinajstić information content (AvgIpc) is 2.92. The van der Waals surface area contributed by atoms with E-state index in [2.05, 4.69) is 44.4 Å². The molecule has 0 saturated carbocycles. The van der Waals surface area contributed by atoms with Gasteiger partial charge in [-0.3, -0.25) is 4.79 Å².